The highest BCUT2D eigenvalue weighted by Crippen LogP contribution is 2.45. The van der Waals surface area contributed by atoms with Crippen molar-refractivity contribution in [2.75, 3.05) is 39.6 Å². The monoisotopic (exact) mass is 1470 g/mol. The number of rotatable bonds is 79. The van der Waals surface area contributed by atoms with E-state index in [0.29, 0.717) is 25.7 Å². The van der Waals surface area contributed by atoms with Gasteiger partial charge >= 0.3 is 39.5 Å². The minimum atomic E-state index is -4.96. The Kier molecular flexibility index (Phi) is 69.9. The van der Waals surface area contributed by atoms with Gasteiger partial charge in [-0.3, -0.25) is 37.3 Å². The van der Waals surface area contributed by atoms with Crippen molar-refractivity contribution >= 4 is 39.5 Å². The lowest BCUT2D eigenvalue weighted by Gasteiger charge is -2.21. The number of carbonyl (C=O) groups excluding carboxylic acids is 4. The maximum absolute atomic E-state index is 13.1. The molecule has 0 aliphatic heterocycles. The van der Waals surface area contributed by atoms with E-state index in [-0.39, 0.29) is 25.7 Å². The van der Waals surface area contributed by atoms with Gasteiger partial charge in [0, 0.05) is 25.7 Å². The maximum atomic E-state index is 13.1. The Morgan fingerprint density at radius 3 is 0.760 bits per heavy atom. The van der Waals surface area contributed by atoms with E-state index in [9.17, 15) is 43.2 Å². The molecule has 0 radical (unpaired) electrons. The summed E-state index contributed by atoms with van der Waals surface area (Å²) in [5.41, 5.74) is 0. The van der Waals surface area contributed by atoms with Gasteiger partial charge < -0.3 is 33.8 Å². The van der Waals surface area contributed by atoms with E-state index in [1.165, 1.54) is 231 Å². The van der Waals surface area contributed by atoms with Gasteiger partial charge in [-0.05, 0) is 43.4 Å². The molecular formula is C81H158O17P2. The zero-order chi connectivity index (χ0) is 73.7. The number of phosphoric acid groups is 2. The summed E-state index contributed by atoms with van der Waals surface area (Å²) < 4.78 is 68.8. The number of carbonyl (C=O) groups is 4. The molecule has 3 unspecified atom stereocenters. The van der Waals surface area contributed by atoms with Gasteiger partial charge in [0.05, 0.1) is 26.4 Å². The molecule has 0 heterocycles. The zero-order valence-electron chi connectivity index (χ0n) is 65.7. The van der Waals surface area contributed by atoms with Crippen molar-refractivity contribution in [2.45, 2.75) is 439 Å². The highest BCUT2D eigenvalue weighted by molar-refractivity contribution is 7.47. The molecule has 6 atom stereocenters. The van der Waals surface area contributed by atoms with Crippen molar-refractivity contribution in [2.24, 2.45) is 17.8 Å². The summed E-state index contributed by atoms with van der Waals surface area (Å²) in [6.07, 6.45) is 59.5. The number of ether oxygens (including phenoxy) is 4. The summed E-state index contributed by atoms with van der Waals surface area (Å²) in [5, 5.41) is 10.6. The quantitative estimate of drug-likeness (QED) is 0.0222. The van der Waals surface area contributed by atoms with Gasteiger partial charge in [0.2, 0.25) is 0 Å². The lowest BCUT2D eigenvalue weighted by molar-refractivity contribution is -0.161. The number of aliphatic hydroxyl groups excluding tert-OH is 1. The molecule has 0 saturated carbocycles. The van der Waals surface area contributed by atoms with Gasteiger partial charge in [-0.1, -0.05) is 370 Å². The normalized spacial score (nSPS) is 14.2. The van der Waals surface area contributed by atoms with Crippen LogP contribution < -0.4 is 0 Å². The SMILES string of the molecule is CCCCCCCCCCCCCCCCC(=O)O[C@H](COC(=O)CCCCCCCCCCC(C)CC)COP(=O)(O)OC[C@H](O)COP(=O)(O)OC[C@@H](COC(=O)CCCCCCCCCCCCCCCCC(C)C)OC(=O)CCCCCCCCCCCCCCCCC(C)C. The predicted molar refractivity (Wildman–Crippen MR) is 409 cm³/mol. The van der Waals surface area contributed by atoms with Crippen LogP contribution in [-0.2, 0) is 65.4 Å². The Hall–Kier alpha value is -1.94. The molecular weight excluding hydrogens is 1310 g/mol. The molecule has 19 heteroatoms. The van der Waals surface area contributed by atoms with E-state index in [2.05, 4.69) is 48.5 Å². The summed E-state index contributed by atoms with van der Waals surface area (Å²) in [5.74, 6) is 0.263. The van der Waals surface area contributed by atoms with E-state index in [1.807, 2.05) is 0 Å². The lowest BCUT2D eigenvalue weighted by Crippen LogP contribution is -2.30. The number of unbranched alkanes of at least 4 members (excludes halogenated alkanes) is 46. The fourth-order valence-electron chi connectivity index (χ4n) is 12.5. The third-order valence-electron chi connectivity index (χ3n) is 19.2. The van der Waals surface area contributed by atoms with Crippen molar-refractivity contribution in [1.29, 1.82) is 0 Å². The van der Waals surface area contributed by atoms with Crippen LogP contribution in [-0.4, -0.2) is 96.7 Å². The van der Waals surface area contributed by atoms with E-state index >= 15 is 0 Å². The molecule has 0 rings (SSSR count). The summed E-state index contributed by atoms with van der Waals surface area (Å²) >= 11 is 0. The van der Waals surface area contributed by atoms with Crippen molar-refractivity contribution in [3.63, 3.8) is 0 Å². The summed E-state index contributed by atoms with van der Waals surface area (Å²) in [7, 11) is -9.92. The van der Waals surface area contributed by atoms with Crippen LogP contribution in [0.25, 0.3) is 0 Å². The molecule has 0 fully saturated rings. The van der Waals surface area contributed by atoms with Gasteiger partial charge in [-0.15, -0.1) is 0 Å². The van der Waals surface area contributed by atoms with Crippen LogP contribution in [0, 0.1) is 17.8 Å². The van der Waals surface area contributed by atoms with Crippen LogP contribution in [0.1, 0.15) is 421 Å². The molecule has 17 nitrogen and oxygen atoms in total. The maximum Gasteiger partial charge on any atom is 0.472 e. The Labute approximate surface area is 613 Å². The summed E-state index contributed by atoms with van der Waals surface area (Å²) in [6, 6.07) is 0. The number of esters is 4. The molecule has 0 bridgehead atoms. The van der Waals surface area contributed by atoms with E-state index in [0.717, 1.165) is 108 Å². The van der Waals surface area contributed by atoms with Gasteiger partial charge in [-0.2, -0.15) is 0 Å². The fraction of sp³-hybridized carbons (Fsp3) is 0.951. The molecule has 3 N–H and O–H groups in total. The van der Waals surface area contributed by atoms with Crippen LogP contribution in [0.2, 0.25) is 0 Å². The second kappa shape index (κ2) is 71.3. The fourth-order valence-corrected chi connectivity index (χ4v) is 14.0. The van der Waals surface area contributed by atoms with Crippen molar-refractivity contribution in [3.8, 4) is 0 Å². The Balaban J connectivity index is 5.27. The topological polar surface area (TPSA) is 237 Å². The molecule has 0 spiro atoms. The Bertz CT molecular complexity index is 1940. The number of hydrogen-bond donors (Lipinski definition) is 3. The smallest absolute Gasteiger partial charge is 0.462 e. The van der Waals surface area contributed by atoms with Crippen molar-refractivity contribution < 1.29 is 80.2 Å². The minimum Gasteiger partial charge on any atom is -0.462 e. The molecule has 100 heavy (non-hydrogen) atoms. The molecule has 0 amide bonds. The second-order valence-corrected chi connectivity index (χ2v) is 33.3. The van der Waals surface area contributed by atoms with Gasteiger partial charge in [0.25, 0.3) is 0 Å². The third-order valence-corrected chi connectivity index (χ3v) is 21.1. The predicted octanol–water partition coefficient (Wildman–Crippen LogP) is 24.1. The van der Waals surface area contributed by atoms with Gasteiger partial charge in [0.15, 0.2) is 12.2 Å². The van der Waals surface area contributed by atoms with Gasteiger partial charge in [0.1, 0.15) is 19.3 Å². The van der Waals surface area contributed by atoms with Gasteiger partial charge in [-0.25, -0.2) is 9.13 Å². The summed E-state index contributed by atoms with van der Waals surface area (Å²) in [6.45, 7) is 12.0. The zero-order valence-corrected chi connectivity index (χ0v) is 67.5. The number of hydrogen-bond acceptors (Lipinski definition) is 15. The van der Waals surface area contributed by atoms with Crippen LogP contribution in [0.15, 0.2) is 0 Å². The first-order chi connectivity index (χ1) is 48.3. The number of aliphatic hydroxyl groups is 1. The largest absolute Gasteiger partial charge is 0.472 e. The highest BCUT2D eigenvalue weighted by Gasteiger charge is 2.30. The van der Waals surface area contributed by atoms with Crippen LogP contribution >= 0.6 is 15.6 Å². The molecule has 0 saturated heterocycles. The molecule has 594 valence electrons. The van der Waals surface area contributed by atoms with E-state index in [1.54, 1.807) is 0 Å². The average Bonchev–Trinajstić information content (AvgIpc) is 0.926. The minimum absolute atomic E-state index is 0.107. The highest BCUT2D eigenvalue weighted by atomic mass is 31.2. The summed E-state index contributed by atoms with van der Waals surface area (Å²) in [4.78, 5) is 73.1. The third kappa shape index (κ3) is 73.0. The Morgan fingerprint density at radius 1 is 0.290 bits per heavy atom. The van der Waals surface area contributed by atoms with Crippen LogP contribution in [0.5, 0.6) is 0 Å². The molecule has 0 aromatic rings. The van der Waals surface area contributed by atoms with E-state index in [4.69, 9.17) is 37.0 Å². The first-order valence-corrected chi connectivity index (χ1v) is 44.9. The molecule has 0 aromatic heterocycles. The lowest BCUT2D eigenvalue weighted by atomic mass is 9.99. The molecule has 0 aromatic carbocycles. The van der Waals surface area contributed by atoms with E-state index < -0.39 is 97.5 Å². The van der Waals surface area contributed by atoms with Crippen LogP contribution in [0.4, 0.5) is 0 Å². The van der Waals surface area contributed by atoms with Crippen molar-refractivity contribution in [3.05, 3.63) is 0 Å². The average molecular weight is 1470 g/mol. The second-order valence-electron chi connectivity index (χ2n) is 30.4. The van der Waals surface area contributed by atoms with Crippen molar-refractivity contribution in [1.82, 2.24) is 0 Å². The number of phosphoric ester groups is 2. The van der Waals surface area contributed by atoms with Crippen LogP contribution in [0.3, 0.4) is 0 Å². The first-order valence-electron chi connectivity index (χ1n) is 41.9. The molecule has 0 aliphatic carbocycles. The standard InChI is InChI=1S/C81H158O17P2/c1-8-10-11-12-13-14-15-16-23-29-34-43-50-57-64-80(85)98-77(69-92-79(84)63-56-49-42-37-36-40-47-54-61-74(7)9-2)71-96-100(89,90)94-67-75(82)66-93-99(87,88)95-70-76(97-81(86)65-58-51-44-35-30-25-20-18-22-27-32-39-46-53-60-73(5)6)68-91-78(83)62-55-48-41-33-28-24-19-17-21-26-31-38-45-52-59-72(3)4/h72-77,82H,8-71H2,1-7H3,(H,87,88)(H,89,90)/t74?,75-,76-,77-/m1/s1. The molecule has 0 aliphatic rings. The first kappa shape index (κ1) is 98.1. The Morgan fingerprint density at radius 2 is 0.510 bits per heavy atom.